The highest BCUT2D eigenvalue weighted by molar-refractivity contribution is 5.81. The summed E-state index contributed by atoms with van der Waals surface area (Å²) in [6, 6.07) is 24.1. The topological polar surface area (TPSA) is 91.8 Å². The Kier molecular flexibility index (Phi) is 15.2. The first-order valence-electron chi connectivity index (χ1n) is 19.4. The quantitative estimate of drug-likeness (QED) is 0.0998. The molecule has 0 N–H and O–H groups in total. The number of hydrogen-bond acceptors (Lipinski definition) is 7. The highest BCUT2D eigenvalue weighted by atomic mass is 16.6. The van der Waals surface area contributed by atoms with Gasteiger partial charge in [0.1, 0.15) is 13.2 Å². The minimum absolute atomic E-state index is 0.140. The van der Waals surface area contributed by atoms with Crippen LogP contribution in [0.1, 0.15) is 130 Å². The summed E-state index contributed by atoms with van der Waals surface area (Å²) in [6.45, 7) is 19.9. The van der Waals surface area contributed by atoms with E-state index in [9.17, 15) is 14.4 Å². The molecule has 0 aliphatic heterocycles. The molecule has 0 aliphatic carbocycles. The molecule has 288 valence electrons. The maximum atomic E-state index is 13.7. The monoisotopic (exact) mass is 733 g/mol. The van der Waals surface area contributed by atoms with Gasteiger partial charge >= 0.3 is 17.9 Å². The lowest BCUT2D eigenvalue weighted by Gasteiger charge is -2.20. The van der Waals surface area contributed by atoms with Gasteiger partial charge in [-0.2, -0.15) is 0 Å². The minimum atomic E-state index is -0.569. The SMILES string of the molecule is Cc1ncc(COC(=O)C(C)c2ccc(CC(C)C)cc2)c(COC(=O)C(C)c2ccc(CC(C)C)cc2)c1OC(=O)C(C)c1ccc(CC(C)C)cc1. The van der Waals surface area contributed by atoms with Crippen molar-refractivity contribution in [3.8, 4) is 5.75 Å². The molecular weight excluding hydrogens is 675 g/mol. The van der Waals surface area contributed by atoms with Crippen molar-refractivity contribution in [2.75, 3.05) is 0 Å². The van der Waals surface area contributed by atoms with Gasteiger partial charge in [-0.15, -0.1) is 0 Å². The van der Waals surface area contributed by atoms with Crippen LogP contribution in [-0.4, -0.2) is 22.9 Å². The van der Waals surface area contributed by atoms with Crippen LogP contribution in [0.4, 0.5) is 0 Å². The maximum Gasteiger partial charge on any atom is 0.318 e. The summed E-state index contributed by atoms with van der Waals surface area (Å²) in [5.41, 5.74) is 7.54. The Balaban J connectivity index is 1.56. The molecular formula is C47H59NO6. The van der Waals surface area contributed by atoms with Crippen molar-refractivity contribution in [2.45, 2.75) is 119 Å². The molecule has 1 heterocycles. The molecule has 0 saturated carbocycles. The van der Waals surface area contributed by atoms with Gasteiger partial charge in [-0.25, -0.2) is 0 Å². The van der Waals surface area contributed by atoms with Crippen LogP contribution in [0.25, 0.3) is 0 Å². The number of nitrogens with zero attached hydrogens (tertiary/aromatic N) is 1. The fraction of sp³-hybridized carbons (Fsp3) is 0.447. The number of aromatic nitrogens is 1. The number of ether oxygens (including phenoxy) is 3. The summed E-state index contributed by atoms with van der Waals surface area (Å²) < 4.78 is 17.8. The molecule has 3 atom stereocenters. The molecule has 1 aromatic heterocycles. The predicted molar refractivity (Wildman–Crippen MR) is 214 cm³/mol. The largest absolute Gasteiger partial charge is 0.460 e. The molecule has 4 aromatic rings. The molecule has 0 radical (unpaired) electrons. The van der Waals surface area contributed by atoms with Crippen molar-refractivity contribution < 1.29 is 28.6 Å². The number of benzene rings is 3. The van der Waals surface area contributed by atoms with E-state index in [1.807, 2.05) is 62.4 Å². The number of carbonyl (C=O) groups is 3. The van der Waals surface area contributed by atoms with Crippen LogP contribution in [0.2, 0.25) is 0 Å². The minimum Gasteiger partial charge on any atom is -0.460 e. The summed E-state index contributed by atoms with van der Waals surface area (Å²) in [5, 5.41) is 0. The Hall–Kier alpha value is -4.78. The average molecular weight is 734 g/mol. The van der Waals surface area contributed by atoms with Gasteiger partial charge in [-0.05, 0) is 98.1 Å². The Labute approximate surface area is 322 Å². The van der Waals surface area contributed by atoms with Gasteiger partial charge in [0.05, 0.1) is 23.4 Å². The number of esters is 3. The Morgan fingerprint density at radius 3 is 1.24 bits per heavy atom. The molecule has 3 unspecified atom stereocenters. The molecule has 0 amide bonds. The Bertz CT molecular complexity index is 1840. The zero-order chi connectivity index (χ0) is 39.5. The second-order valence-corrected chi connectivity index (χ2v) is 16.0. The fourth-order valence-corrected chi connectivity index (χ4v) is 6.47. The zero-order valence-electron chi connectivity index (χ0n) is 33.9. The summed E-state index contributed by atoms with van der Waals surface area (Å²) in [7, 11) is 0. The molecule has 4 rings (SSSR count). The fourth-order valence-electron chi connectivity index (χ4n) is 6.47. The summed E-state index contributed by atoms with van der Waals surface area (Å²) in [4.78, 5) is 45.0. The molecule has 0 saturated heterocycles. The first-order valence-corrected chi connectivity index (χ1v) is 19.4. The lowest BCUT2D eigenvalue weighted by atomic mass is 9.96. The molecule has 0 spiro atoms. The van der Waals surface area contributed by atoms with Crippen molar-refractivity contribution in [1.29, 1.82) is 0 Å². The van der Waals surface area contributed by atoms with Gasteiger partial charge in [0.2, 0.25) is 0 Å². The summed E-state index contributed by atoms with van der Waals surface area (Å²) >= 11 is 0. The second kappa shape index (κ2) is 19.5. The smallest absolute Gasteiger partial charge is 0.318 e. The van der Waals surface area contributed by atoms with Crippen LogP contribution in [-0.2, 0) is 56.3 Å². The van der Waals surface area contributed by atoms with Crippen LogP contribution in [0.5, 0.6) is 5.75 Å². The zero-order valence-corrected chi connectivity index (χ0v) is 33.9. The van der Waals surface area contributed by atoms with Crippen molar-refractivity contribution >= 4 is 17.9 Å². The number of hydrogen-bond donors (Lipinski definition) is 0. The van der Waals surface area contributed by atoms with Crippen LogP contribution >= 0.6 is 0 Å². The van der Waals surface area contributed by atoms with E-state index in [2.05, 4.69) is 70.8 Å². The molecule has 0 fully saturated rings. The third-order valence-electron chi connectivity index (χ3n) is 9.77. The molecule has 7 heteroatoms. The second-order valence-electron chi connectivity index (χ2n) is 16.0. The average Bonchev–Trinajstić information content (AvgIpc) is 3.13. The van der Waals surface area contributed by atoms with E-state index < -0.39 is 35.7 Å². The number of aryl methyl sites for hydroxylation is 1. The first-order chi connectivity index (χ1) is 25.6. The third-order valence-corrected chi connectivity index (χ3v) is 9.77. The number of pyridine rings is 1. The lowest BCUT2D eigenvalue weighted by Crippen LogP contribution is -2.20. The summed E-state index contributed by atoms with van der Waals surface area (Å²) in [5.74, 6) is -1.11. The normalized spacial score (nSPS) is 13.1. The van der Waals surface area contributed by atoms with Gasteiger partial charge in [0.15, 0.2) is 5.75 Å². The van der Waals surface area contributed by atoms with E-state index in [0.717, 1.165) is 36.0 Å². The Morgan fingerprint density at radius 1 is 0.519 bits per heavy atom. The van der Waals surface area contributed by atoms with Crippen molar-refractivity contribution in [3.63, 3.8) is 0 Å². The molecule has 0 aliphatic rings. The van der Waals surface area contributed by atoms with Crippen LogP contribution in [0.3, 0.4) is 0 Å². The third kappa shape index (κ3) is 11.9. The van der Waals surface area contributed by atoms with E-state index in [4.69, 9.17) is 14.2 Å². The van der Waals surface area contributed by atoms with Gasteiger partial charge in [0, 0.05) is 17.3 Å². The van der Waals surface area contributed by atoms with Gasteiger partial charge < -0.3 is 14.2 Å². The van der Waals surface area contributed by atoms with Gasteiger partial charge in [-0.1, -0.05) is 114 Å². The van der Waals surface area contributed by atoms with Crippen molar-refractivity contribution in [3.05, 3.63) is 129 Å². The van der Waals surface area contributed by atoms with Crippen LogP contribution in [0.15, 0.2) is 79.0 Å². The highest BCUT2D eigenvalue weighted by Crippen LogP contribution is 2.31. The maximum absolute atomic E-state index is 13.7. The highest BCUT2D eigenvalue weighted by Gasteiger charge is 2.26. The number of rotatable bonds is 17. The van der Waals surface area contributed by atoms with Crippen molar-refractivity contribution in [1.82, 2.24) is 4.98 Å². The number of carbonyl (C=O) groups excluding carboxylic acids is 3. The molecule has 7 nitrogen and oxygen atoms in total. The van der Waals surface area contributed by atoms with E-state index >= 15 is 0 Å². The summed E-state index contributed by atoms with van der Waals surface area (Å²) in [6.07, 6.45) is 4.46. The first kappa shape index (κ1) is 42.0. The van der Waals surface area contributed by atoms with E-state index in [1.165, 1.54) is 16.7 Å². The van der Waals surface area contributed by atoms with Crippen LogP contribution < -0.4 is 4.74 Å². The molecule has 0 bridgehead atoms. The van der Waals surface area contributed by atoms with Gasteiger partial charge in [-0.3, -0.25) is 19.4 Å². The standard InChI is InChI=1S/C47H59NO6/c1-29(2)23-36-11-17-39(18-12-36)32(7)45(49)52-27-42-26-48-35(10)44(54-47(51)34(9)41-21-15-38(16-22-41)25-31(5)6)43(42)28-53-46(50)33(8)40-19-13-37(14-20-40)24-30(3)4/h11-22,26,29-34H,23-25,27-28H2,1-10H3. The van der Waals surface area contributed by atoms with E-state index in [0.29, 0.717) is 34.6 Å². The van der Waals surface area contributed by atoms with Crippen LogP contribution in [0, 0.1) is 24.7 Å². The molecule has 54 heavy (non-hydrogen) atoms. The predicted octanol–water partition coefficient (Wildman–Crippen LogP) is 10.4. The van der Waals surface area contributed by atoms with Crippen molar-refractivity contribution in [2.24, 2.45) is 17.8 Å². The molecule has 3 aromatic carbocycles. The van der Waals surface area contributed by atoms with Gasteiger partial charge in [0.25, 0.3) is 0 Å². The lowest BCUT2D eigenvalue weighted by molar-refractivity contribution is -0.148. The Morgan fingerprint density at radius 2 is 0.870 bits per heavy atom. The van der Waals surface area contributed by atoms with E-state index in [-0.39, 0.29) is 19.0 Å². The van der Waals surface area contributed by atoms with E-state index in [1.54, 1.807) is 20.0 Å².